The van der Waals surface area contributed by atoms with E-state index in [9.17, 15) is 19.5 Å². The zero-order chi connectivity index (χ0) is 23.3. The highest BCUT2D eigenvalue weighted by Crippen LogP contribution is 2.28. The van der Waals surface area contributed by atoms with Gasteiger partial charge in [0.2, 0.25) is 5.91 Å². The first-order valence-electron chi connectivity index (χ1n) is 9.90. The van der Waals surface area contributed by atoms with Crippen molar-refractivity contribution in [1.82, 2.24) is 5.32 Å². The van der Waals surface area contributed by atoms with Gasteiger partial charge in [-0.25, -0.2) is 0 Å². The smallest absolute Gasteiger partial charge is 0.311 e. The van der Waals surface area contributed by atoms with Crippen LogP contribution in [0, 0.1) is 10.8 Å². The molecule has 1 aliphatic heterocycles. The van der Waals surface area contributed by atoms with Crippen LogP contribution in [0.15, 0.2) is 12.7 Å². The molecule has 1 aliphatic rings. The monoisotopic (exact) mass is 429 g/mol. The molecule has 0 saturated carbocycles. The minimum absolute atomic E-state index is 0.0917. The molecule has 9 heteroatoms. The standard InChI is InChI=1S/C21H35NO8/c1-9-10-27-17-14(22-12(2)23)15(24)16(30-19(26)21(6,7)8)13(29-17)11-28-18(25)20(3,4)5/h9,13-17,24H,1,10-11H2,2-8H3,(H,22,23)/t13-,14-,15-,16+,17-/m1/s1. The average Bonchev–Trinajstić information content (AvgIpc) is 2.60. The van der Waals surface area contributed by atoms with E-state index < -0.39 is 59.3 Å². The molecule has 1 fully saturated rings. The Labute approximate surface area is 178 Å². The van der Waals surface area contributed by atoms with Crippen molar-refractivity contribution in [3.63, 3.8) is 0 Å². The molecule has 0 spiro atoms. The van der Waals surface area contributed by atoms with Crippen LogP contribution < -0.4 is 5.32 Å². The highest BCUT2D eigenvalue weighted by molar-refractivity contribution is 5.76. The predicted octanol–water partition coefficient (Wildman–Crippen LogP) is 1.33. The lowest BCUT2D eigenvalue weighted by Crippen LogP contribution is -2.66. The second-order valence-corrected chi connectivity index (χ2v) is 9.35. The summed E-state index contributed by atoms with van der Waals surface area (Å²) in [7, 11) is 0. The Morgan fingerprint density at radius 1 is 1.10 bits per heavy atom. The summed E-state index contributed by atoms with van der Waals surface area (Å²) in [5.41, 5.74) is -1.59. The van der Waals surface area contributed by atoms with Gasteiger partial charge in [0.1, 0.15) is 24.9 Å². The van der Waals surface area contributed by atoms with Crippen LogP contribution in [0.4, 0.5) is 0 Å². The number of hydrogen-bond acceptors (Lipinski definition) is 8. The molecular weight excluding hydrogens is 394 g/mol. The van der Waals surface area contributed by atoms with Crippen molar-refractivity contribution in [2.24, 2.45) is 10.8 Å². The summed E-state index contributed by atoms with van der Waals surface area (Å²) in [4.78, 5) is 36.3. The van der Waals surface area contributed by atoms with Crippen LogP contribution in [-0.4, -0.2) is 66.8 Å². The van der Waals surface area contributed by atoms with Crippen LogP contribution in [-0.2, 0) is 33.3 Å². The van der Waals surface area contributed by atoms with Crippen LogP contribution in [0.1, 0.15) is 48.5 Å². The molecule has 30 heavy (non-hydrogen) atoms. The van der Waals surface area contributed by atoms with E-state index in [4.69, 9.17) is 18.9 Å². The number of nitrogens with one attached hydrogen (secondary N) is 1. The maximum atomic E-state index is 12.5. The fourth-order valence-electron chi connectivity index (χ4n) is 2.57. The van der Waals surface area contributed by atoms with Crippen molar-refractivity contribution in [1.29, 1.82) is 0 Å². The number of aliphatic hydroxyl groups is 1. The van der Waals surface area contributed by atoms with Crippen molar-refractivity contribution in [2.45, 2.75) is 79.1 Å². The molecule has 0 aliphatic carbocycles. The predicted molar refractivity (Wildman–Crippen MR) is 108 cm³/mol. The highest BCUT2D eigenvalue weighted by Gasteiger charge is 2.49. The minimum atomic E-state index is -1.36. The van der Waals surface area contributed by atoms with Crippen molar-refractivity contribution in [3.05, 3.63) is 12.7 Å². The van der Waals surface area contributed by atoms with E-state index in [1.807, 2.05) is 0 Å². The van der Waals surface area contributed by atoms with Gasteiger partial charge in [0.15, 0.2) is 12.4 Å². The first kappa shape index (κ1) is 26.1. The molecule has 0 aromatic heterocycles. The van der Waals surface area contributed by atoms with Gasteiger partial charge in [-0.2, -0.15) is 0 Å². The first-order valence-corrected chi connectivity index (χ1v) is 9.90. The molecule has 2 N–H and O–H groups in total. The molecule has 5 atom stereocenters. The lowest BCUT2D eigenvalue weighted by atomic mass is 9.94. The number of aliphatic hydroxyl groups excluding tert-OH is 1. The molecular formula is C21H35NO8. The Kier molecular flexibility index (Phi) is 9.01. The largest absolute Gasteiger partial charge is 0.462 e. The van der Waals surface area contributed by atoms with Crippen molar-refractivity contribution in [3.8, 4) is 0 Å². The van der Waals surface area contributed by atoms with Crippen LogP contribution in [0.3, 0.4) is 0 Å². The third-order valence-electron chi connectivity index (χ3n) is 4.27. The van der Waals surface area contributed by atoms with E-state index >= 15 is 0 Å². The van der Waals surface area contributed by atoms with E-state index in [0.29, 0.717) is 0 Å². The lowest BCUT2D eigenvalue weighted by Gasteiger charge is -2.44. The van der Waals surface area contributed by atoms with Gasteiger partial charge in [0.25, 0.3) is 0 Å². The van der Waals surface area contributed by atoms with Crippen LogP contribution in [0.5, 0.6) is 0 Å². The second kappa shape index (κ2) is 10.4. The maximum absolute atomic E-state index is 12.5. The number of esters is 2. The number of hydrogen-bond donors (Lipinski definition) is 2. The van der Waals surface area contributed by atoms with Gasteiger partial charge >= 0.3 is 11.9 Å². The van der Waals surface area contributed by atoms with E-state index in [0.717, 1.165) is 0 Å². The normalized spacial score (nSPS) is 27.1. The summed E-state index contributed by atoms with van der Waals surface area (Å²) in [5, 5.41) is 13.5. The van der Waals surface area contributed by atoms with Crippen LogP contribution in [0.25, 0.3) is 0 Å². The summed E-state index contributed by atoms with van der Waals surface area (Å²) < 4.78 is 22.3. The van der Waals surface area contributed by atoms with Gasteiger partial charge in [-0.1, -0.05) is 6.08 Å². The molecule has 0 unspecified atom stereocenters. The zero-order valence-corrected chi connectivity index (χ0v) is 18.9. The Morgan fingerprint density at radius 2 is 1.67 bits per heavy atom. The van der Waals surface area contributed by atoms with Crippen molar-refractivity contribution >= 4 is 17.8 Å². The zero-order valence-electron chi connectivity index (χ0n) is 18.9. The summed E-state index contributed by atoms with van der Waals surface area (Å²) in [6.45, 7) is 14.8. The van der Waals surface area contributed by atoms with Gasteiger partial charge in [0, 0.05) is 6.92 Å². The number of carbonyl (C=O) groups is 3. The molecule has 1 saturated heterocycles. The summed E-state index contributed by atoms with van der Waals surface area (Å²) in [6, 6.07) is -1.00. The molecule has 0 bridgehead atoms. The van der Waals surface area contributed by atoms with Gasteiger partial charge in [-0.15, -0.1) is 6.58 Å². The molecule has 1 rings (SSSR count). The topological polar surface area (TPSA) is 120 Å². The SMILES string of the molecule is C=CCO[C@@H]1O[C@H](COC(=O)C(C)(C)C)[C@H](OC(=O)C(C)(C)C)[C@H](O)[C@H]1NC(C)=O. The maximum Gasteiger partial charge on any atom is 0.311 e. The fraction of sp³-hybridized carbons (Fsp3) is 0.762. The molecule has 0 aromatic carbocycles. The quantitative estimate of drug-likeness (QED) is 0.459. The van der Waals surface area contributed by atoms with E-state index in [2.05, 4.69) is 11.9 Å². The summed E-state index contributed by atoms with van der Waals surface area (Å²) in [5.74, 6) is -1.48. The number of amides is 1. The molecule has 9 nitrogen and oxygen atoms in total. The third kappa shape index (κ3) is 7.37. The Morgan fingerprint density at radius 3 is 2.13 bits per heavy atom. The van der Waals surface area contributed by atoms with Gasteiger partial charge in [-0.3, -0.25) is 14.4 Å². The van der Waals surface area contributed by atoms with Crippen LogP contribution in [0.2, 0.25) is 0 Å². The number of carbonyl (C=O) groups excluding carboxylic acids is 3. The molecule has 1 heterocycles. The molecule has 1 amide bonds. The van der Waals surface area contributed by atoms with E-state index in [-0.39, 0.29) is 13.2 Å². The second-order valence-electron chi connectivity index (χ2n) is 9.35. The lowest BCUT2D eigenvalue weighted by molar-refractivity contribution is -0.274. The van der Waals surface area contributed by atoms with Gasteiger partial charge < -0.3 is 29.4 Å². The number of ether oxygens (including phenoxy) is 4. The fourth-order valence-corrected chi connectivity index (χ4v) is 2.57. The van der Waals surface area contributed by atoms with Crippen molar-refractivity contribution < 1.29 is 38.4 Å². The van der Waals surface area contributed by atoms with Crippen molar-refractivity contribution in [2.75, 3.05) is 13.2 Å². The van der Waals surface area contributed by atoms with Gasteiger partial charge in [-0.05, 0) is 41.5 Å². The Hall–Kier alpha value is -1.97. The summed E-state index contributed by atoms with van der Waals surface area (Å²) >= 11 is 0. The molecule has 0 aromatic rings. The molecule has 0 radical (unpaired) electrons. The first-order chi connectivity index (χ1) is 13.7. The van der Waals surface area contributed by atoms with E-state index in [1.165, 1.54) is 13.0 Å². The number of rotatable bonds is 7. The molecule has 172 valence electrons. The Balaban J connectivity index is 3.15. The average molecular weight is 430 g/mol. The van der Waals surface area contributed by atoms with Gasteiger partial charge in [0.05, 0.1) is 17.4 Å². The van der Waals surface area contributed by atoms with Crippen LogP contribution >= 0.6 is 0 Å². The highest BCUT2D eigenvalue weighted by atomic mass is 16.7. The third-order valence-corrected chi connectivity index (χ3v) is 4.27. The minimum Gasteiger partial charge on any atom is -0.462 e. The van der Waals surface area contributed by atoms with E-state index in [1.54, 1.807) is 41.5 Å². The summed E-state index contributed by atoms with van der Waals surface area (Å²) in [6.07, 6.45) is -3.13. The Bertz CT molecular complexity index is 634.